The smallest absolute Gasteiger partial charge is 0.265 e. The number of methoxy groups -OCH3 is 1. The number of carbonyl (C=O) groups excluding carboxylic acids is 1. The average Bonchev–Trinajstić information content (AvgIpc) is 2.67. The lowest BCUT2D eigenvalue weighted by Gasteiger charge is -2.20. The predicted molar refractivity (Wildman–Crippen MR) is 88.8 cm³/mol. The highest BCUT2D eigenvalue weighted by molar-refractivity contribution is 9.10. The van der Waals surface area contributed by atoms with E-state index in [0.29, 0.717) is 23.1 Å². The molecule has 0 saturated heterocycles. The number of rotatable bonds is 2. The van der Waals surface area contributed by atoms with Gasteiger partial charge in [0.25, 0.3) is 5.91 Å². The summed E-state index contributed by atoms with van der Waals surface area (Å²) >= 11 is 9.51. The molecule has 0 N–H and O–H groups in total. The summed E-state index contributed by atoms with van der Waals surface area (Å²) in [5.74, 6) is 0.990. The standard InChI is InChI=1S/C16H13BrClNO3/c1-21-14-7-12(18)6-10-8-19(15(20)9-22-16(10)14)13-4-2-11(17)3-5-13/h2-7H,8-9H2,1H3. The molecule has 6 heteroatoms. The quantitative estimate of drug-likeness (QED) is 0.787. The van der Waals surface area contributed by atoms with Crippen LogP contribution in [0.1, 0.15) is 5.56 Å². The lowest BCUT2D eigenvalue weighted by molar-refractivity contribution is -0.120. The van der Waals surface area contributed by atoms with Gasteiger partial charge in [0.2, 0.25) is 0 Å². The monoisotopic (exact) mass is 381 g/mol. The van der Waals surface area contributed by atoms with E-state index in [4.69, 9.17) is 21.1 Å². The summed E-state index contributed by atoms with van der Waals surface area (Å²) in [5.41, 5.74) is 1.63. The minimum absolute atomic E-state index is 0.0406. The molecule has 114 valence electrons. The van der Waals surface area contributed by atoms with Gasteiger partial charge in [0.1, 0.15) is 0 Å². The Balaban J connectivity index is 2.02. The van der Waals surface area contributed by atoms with Crippen LogP contribution in [-0.2, 0) is 11.3 Å². The maximum absolute atomic E-state index is 12.4. The maximum Gasteiger partial charge on any atom is 0.265 e. The van der Waals surface area contributed by atoms with Crippen LogP contribution in [-0.4, -0.2) is 19.6 Å². The topological polar surface area (TPSA) is 38.8 Å². The van der Waals surface area contributed by atoms with E-state index >= 15 is 0 Å². The molecular weight excluding hydrogens is 370 g/mol. The summed E-state index contributed by atoms with van der Waals surface area (Å²) in [6, 6.07) is 11.0. The highest BCUT2D eigenvalue weighted by Crippen LogP contribution is 2.37. The Morgan fingerprint density at radius 1 is 1.27 bits per heavy atom. The van der Waals surface area contributed by atoms with E-state index in [0.717, 1.165) is 15.7 Å². The van der Waals surface area contributed by atoms with Crippen molar-refractivity contribution in [2.24, 2.45) is 0 Å². The molecule has 3 rings (SSSR count). The molecule has 22 heavy (non-hydrogen) atoms. The van der Waals surface area contributed by atoms with Gasteiger partial charge in [-0.15, -0.1) is 0 Å². The van der Waals surface area contributed by atoms with Gasteiger partial charge >= 0.3 is 0 Å². The van der Waals surface area contributed by atoms with Crippen molar-refractivity contribution in [3.05, 3.63) is 51.5 Å². The minimum Gasteiger partial charge on any atom is -0.493 e. The van der Waals surface area contributed by atoms with E-state index in [1.54, 1.807) is 24.1 Å². The van der Waals surface area contributed by atoms with Crippen molar-refractivity contribution in [2.75, 3.05) is 18.6 Å². The minimum atomic E-state index is -0.114. The van der Waals surface area contributed by atoms with Gasteiger partial charge in [-0.1, -0.05) is 27.5 Å². The third-order valence-electron chi connectivity index (χ3n) is 3.42. The molecule has 0 unspecified atom stereocenters. The Hall–Kier alpha value is -1.72. The number of anilines is 1. The fourth-order valence-electron chi connectivity index (χ4n) is 2.38. The third kappa shape index (κ3) is 2.91. The van der Waals surface area contributed by atoms with Gasteiger partial charge in [0, 0.05) is 26.8 Å². The van der Waals surface area contributed by atoms with Crippen LogP contribution in [0.2, 0.25) is 5.02 Å². The first kappa shape index (κ1) is 15.2. The van der Waals surface area contributed by atoms with Crippen molar-refractivity contribution in [3.8, 4) is 11.5 Å². The third-order valence-corrected chi connectivity index (χ3v) is 4.17. The Morgan fingerprint density at radius 2 is 2.00 bits per heavy atom. The summed E-state index contributed by atoms with van der Waals surface area (Å²) in [7, 11) is 1.55. The molecule has 0 bridgehead atoms. The molecule has 0 saturated carbocycles. The van der Waals surface area contributed by atoms with Crippen molar-refractivity contribution >= 4 is 39.1 Å². The van der Waals surface area contributed by atoms with E-state index in [1.807, 2.05) is 24.3 Å². The molecule has 1 aliphatic rings. The Morgan fingerprint density at radius 3 is 2.68 bits per heavy atom. The highest BCUT2D eigenvalue weighted by atomic mass is 79.9. The first-order valence-electron chi connectivity index (χ1n) is 6.63. The van der Waals surface area contributed by atoms with E-state index in [2.05, 4.69) is 15.9 Å². The molecule has 4 nitrogen and oxygen atoms in total. The summed E-state index contributed by atoms with van der Waals surface area (Å²) < 4.78 is 11.9. The van der Waals surface area contributed by atoms with Crippen molar-refractivity contribution in [1.82, 2.24) is 0 Å². The van der Waals surface area contributed by atoms with Gasteiger partial charge in [0.15, 0.2) is 18.1 Å². The Labute approximate surface area is 141 Å². The molecule has 1 aliphatic heterocycles. The maximum atomic E-state index is 12.4. The van der Waals surface area contributed by atoms with Crippen LogP contribution in [0.25, 0.3) is 0 Å². The van der Waals surface area contributed by atoms with Crippen molar-refractivity contribution in [1.29, 1.82) is 0 Å². The zero-order valence-electron chi connectivity index (χ0n) is 11.8. The van der Waals surface area contributed by atoms with E-state index < -0.39 is 0 Å². The van der Waals surface area contributed by atoms with Crippen LogP contribution < -0.4 is 14.4 Å². The van der Waals surface area contributed by atoms with Crippen LogP contribution in [0.4, 0.5) is 5.69 Å². The van der Waals surface area contributed by atoms with E-state index in [-0.39, 0.29) is 12.5 Å². The van der Waals surface area contributed by atoms with Gasteiger partial charge < -0.3 is 14.4 Å². The number of halogens is 2. The van der Waals surface area contributed by atoms with Crippen LogP contribution in [0.5, 0.6) is 11.5 Å². The number of fused-ring (bicyclic) bond motifs is 1. The number of ether oxygens (including phenoxy) is 2. The van der Waals surface area contributed by atoms with E-state index in [1.165, 1.54) is 0 Å². The highest BCUT2D eigenvalue weighted by Gasteiger charge is 2.25. The van der Waals surface area contributed by atoms with Crippen LogP contribution in [0.3, 0.4) is 0 Å². The molecule has 1 heterocycles. The van der Waals surface area contributed by atoms with Gasteiger partial charge in [-0.05, 0) is 30.3 Å². The Kier molecular flexibility index (Phi) is 4.27. The second-order valence-corrected chi connectivity index (χ2v) is 6.19. The number of hydrogen-bond acceptors (Lipinski definition) is 3. The first-order chi connectivity index (χ1) is 10.6. The van der Waals surface area contributed by atoms with E-state index in [9.17, 15) is 4.79 Å². The summed E-state index contributed by atoms with van der Waals surface area (Å²) in [6.07, 6.45) is 0. The zero-order valence-corrected chi connectivity index (χ0v) is 14.1. The molecular formula is C16H13BrClNO3. The second-order valence-electron chi connectivity index (χ2n) is 4.84. The second kappa shape index (κ2) is 6.18. The summed E-state index contributed by atoms with van der Waals surface area (Å²) in [4.78, 5) is 14.0. The number of nitrogens with zero attached hydrogens (tertiary/aromatic N) is 1. The predicted octanol–water partition coefficient (Wildman–Crippen LogP) is 4.04. The molecule has 2 aromatic carbocycles. The lowest BCUT2D eigenvalue weighted by Crippen LogP contribution is -2.32. The largest absolute Gasteiger partial charge is 0.493 e. The van der Waals surface area contributed by atoms with Crippen LogP contribution >= 0.6 is 27.5 Å². The number of hydrogen-bond donors (Lipinski definition) is 0. The number of amides is 1. The summed E-state index contributed by atoms with van der Waals surface area (Å²) in [5, 5.41) is 0.546. The molecule has 1 amide bonds. The molecule has 0 fully saturated rings. The van der Waals surface area contributed by atoms with Gasteiger partial charge in [-0.2, -0.15) is 0 Å². The van der Waals surface area contributed by atoms with Gasteiger partial charge in [-0.3, -0.25) is 4.79 Å². The molecule has 0 aromatic heterocycles. The van der Waals surface area contributed by atoms with Gasteiger partial charge in [-0.25, -0.2) is 0 Å². The Bertz CT molecular complexity index is 718. The number of carbonyl (C=O) groups is 1. The molecule has 0 spiro atoms. The zero-order chi connectivity index (χ0) is 15.7. The molecule has 0 atom stereocenters. The fourth-order valence-corrected chi connectivity index (χ4v) is 2.88. The van der Waals surface area contributed by atoms with Gasteiger partial charge in [0.05, 0.1) is 13.7 Å². The lowest BCUT2D eigenvalue weighted by atomic mass is 10.1. The van der Waals surface area contributed by atoms with Crippen LogP contribution in [0, 0.1) is 0 Å². The average molecular weight is 383 g/mol. The normalized spacial score (nSPS) is 14.1. The number of benzene rings is 2. The molecule has 0 aliphatic carbocycles. The van der Waals surface area contributed by atoms with Crippen molar-refractivity contribution in [3.63, 3.8) is 0 Å². The van der Waals surface area contributed by atoms with Crippen LogP contribution in [0.15, 0.2) is 40.9 Å². The van der Waals surface area contributed by atoms with Crippen molar-refractivity contribution in [2.45, 2.75) is 6.54 Å². The van der Waals surface area contributed by atoms with Crippen molar-refractivity contribution < 1.29 is 14.3 Å². The summed E-state index contributed by atoms with van der Waals surface area (Å²) in [6.45, 7) is 0.341. The first-order valence-corrected chi connectivity index (χ1v) is 7.80. The molecule has 0 radical (unpaired) electrons. The fraction of sp³-hybridized carbons (Fsp3) is 0.188. The SMILES string of the molecule is COc1cc(Cl)cc2c1OCC(=O)N(c1ccc(Br)cc1)C2. The molecule has 2 aromatic rings.